The van der Waals surface area contributed by atoms with E-state index in [2.05, 4.69) is 39.0 Å². The van der Waals surface area contributed by atoms with E-state index < -0.39 is 0 Å². The minimum atomic E-state index is 0.0689. The van der Waals surface area contributed by atoms with Gasteiger partial charge in [-0.2, -0.15) is 10.2 Å². The molecule has 1 heterocycles. The number of hydrogen-bond acceptors (Lipinski definition) is 2. The van der Waals surface area contributed by atoms with Gasteiger partial charge in [0, 0.05) is 15.9 Å². The molecule has 24 heavy (non-hydrogen) atoms. The Hall–Kier alpha value is -1.41. The van der Waals surface area contributed by atoms with E-state index in [0.29, 0.717) is 11.3 Å². The highest BCUT2D eigenvalue weighted by Crippen LogP contribution is 2.67. The lowest BCUT2D eigenvalue weighted by Crippen LogP contribution is -2.32. The van der Waals surface area contributed by atoms with Crippen molar-refractivity contribution >= 4 is 11.6 Å². The van der Waals surface area contributed by atoms with Gasteiger partial charge in [0.1, 0.15) is 0 Å². The van der Waals surface area contributed by atoms with Crippen LogP contribution in [0.5, 0.6) is 0 Å². The van der Waals surface area contributed by atoms with E-state index >= 15 is 0 Å². The number of rotatable bonds is 2. The Morgan fingerprint density at radius 1 is 1.00 bits per heavy atom. The Kier molecular flexibility index (Phi) is 2.73. The van der Waals surface area contributed by atoms with Crippen molar-refractivity contribution < 1.29 is 0 Å². The van der Waals surface area contributed by atoms with E-state index in [1.807, 2.05) is 12.1 Å². The van der Waals surface area contributed by atoms with Gasteiger partial charge in [-0.05, 0) is 66.3 Å². The molecule has 1 aromatic carbocycles. The molecular weight excluding hydrogens is 316 g/mol. The van der Waals surface area contributed by atoms with Gasteiger partial charge in [-0.3, -0.25) is 0 Å². The van der Waals surface area contributed by atoms with Crippen LogP contribution in [-0.2, 0) is 10.8 Å². The summed E-state index contributed by atoms with van der Waals surface area (Å²) in [5.74, 6) is 0.632. The Labute approximate surface area is 148 Å². The molecule has 3 aliphatic carbocycles. The van der Waals surface area contributed by atoms with Gasteiger partial charge in [0.05, 0.1) is 11.4 Å². The molecule has 1 aromatic heterocycles. The minimum absolute atomic E-state index is 0.0689. The van der Waals surface area contributed by atoms with Gasteiger partial charge in [-0.15, -0.1) is 0 Å². The van der Waals surface area contributed by atoms with Crippen LogP contribution in [0.4, 0.5) is 0 Å². The predicted octanol–water partition coefficient (Wildman–Crippen LogP) is 5.38. The van der Waals surface area contributed by atoms with Crippen molar-refractivity contribution in [2.24, 2.45) is 5.41 Å². The first-order chi connectivity index (χ1) is 11.4. The number of halogens is 1. The van der Waals surface area contributed by atoms with Crippen LogP contribution in [0.3, 0.4) is 0 Å². The first-order valence-corrected chi connectivity index (χ1v) is 9.41. The Balaban J connectivity index is 1.62. The van der Waals surface area contributed by atoms with Gasteiger partial charge < -0.3 is 0 Å². The van der Waals surface area contributed by atoms with Crippen molar-refractivity contribution in [1.29, 1.82) is 0 Å². The van der Waals surface area contributed by atoms with Gasteiger partial charge in [0.15, 0.2) is 0 Å². The molecule has 2 unspecified atom stereocenters. The zero-order valence-electron chi connectivity index (χ0n) is 14.6. The number of aromatic nitrogens is 2. The standard InChI is InChI=1S/C21H23ClN2/c1-19(2)16-8-9-20(19,3)18-15(16)12-17(23-24-18)21(10-11-21)13-4-6-14(22)7-5-13/h4-7,12,16H,8-11H2,1-3H3. The molecule has 0 saturated heterocycles. The molecule has 0 radical (unpaired) electrons. The number of fused-ring (bicyclic) bond motifs is 5. The summed E-state index contributed by atoms with van der Waals surface area (Å²) in [6, 6.07) is 10.7. The molecule has 2 fully saturated rings. The summed E-state index contributed by atoms with van der Waals surface area (Å²) in [4.78, 5) is 0. The quantitative estimate of drug-likeness (QED) is 0.734. The highest BCUT2D eigenvalue weighted by Gasteiger charge is 2.61. The molecule has 0 spiro atoms. The second-order valence-corrected chi connectivity index (χ2v) is 9.20. The van der Waals surface area contributed by atoms with E-state index in [-0.39, 0.29) is 10.8 Å². The topological polar surface area (TPSA) is 25.8 Å². The lowest BCUT2D eigenvalue weighted by molar-refractivity contribution is 0.226. The zero-order chi connectivity index (χ0) is 16.7. The maximum atomic E-state index is 6.07. The third-order valence-corrected chi connectivity index (χ3v) is 7.84. The molecule has 5 rings (SSSR count). The number of benzene rings is 1. The summed E-state index contributed by atoms with van der Waals surface area (Å²) in [7, 11) is 0. The molecule has 2 bridgehead atoms. The Morgan fingerprint density at radius 3 is 2.38 bits per heavy atom. The normalized spacial score (nSPS) is 31.1. The van der Waals surface area contributed by atoms with Crippen molar-refractivity contribution in [3.8, 4) is 0 Å². The second-order valence-electron chi connectivity index (χ2n) is 8.77. The fraction of sp³-hybridized carbons (Fsp3) is 0.524. The van der Waals surface area contributed by atoms with Crippen LogP contribution in [0.25, 0.3) is 0 Å². The Bertz CT molecular complexity index is 835. The molecule has 2 saturated carbocycles. The largest absolute Gasteiger partial charge is 0.154 e. The van der Waals surface area contributed by atoms with Gasteiger partial charge in [0.2, 0.25) is 0 Å². The number of nitrogens with zero attached hydrogens (tertiary/aromatic N) is 2. The van der Waals surface area contributed by atoms with Crippen molar-refractivity contribution in [1.82, 2.24) is 10.2 Å². The molecular formula is C21H23ClN2. The fourth-order valence-corrected chi connectivity index (χ4v) is 5.52. The lowest BCUT2D eigenvalue weighted by Gasteiger charge is -2.34. The summed E-state index contributed by atoms with van der Waals surface area (Å²) in [5, 5.41) is 10.3. The van der Waals surface area contributed by atoms with Crippen molar-refractivity contribution in [2.45, 2.75) is 63.2 Å². The summed E-state index contributed by atoms with van der Waals surface area (Å²) >= 11 is 6.07. The average molecular weight is 339 g/mol. The van der Waals surface area contributed by atoms with Crippen molar-refractivity contribution in [2.75, 3.05) is 0 Å². The van der Waals surface area contributed by atoms with Crippen LogP contribution < -0.4 is 0 Å². The third-order valence-electron chi connectivity index (χ3n) is 7.58. The SMILES string of the molecule is CC12CCC(c3cc(C4(c5ccc(Cl)cc5)CC4)nnc31)C2(C)C. The Morgan fingerprint density at radius 2 is 1.71 bits per heavy atom. The van der Waals surface area contributed by atoms with Gasteiger partial charge in [0.25, 0.3) is 0 Å². The zero-order valence-corrected chi connectivity index (χ0v) is 15.3. The van der Waals surface area contributed by atoms with E-state index in [1.54, 1.807) is 0 Å². The maximum absolute atomic E-state index is 6.07. The first-order valence-electron chi connectivity index (χ1n) is 9.03. The summed E-state index contributed by atoms with van der Waals surface area (Å²) in [6.07, 6.45) is 4.85. The van der Waals surface area contributed by atoms with E-state index in [9.17, 15) is 0 Å². The minimum Gasteiger partial charge on any atom is -0.154 e. The van der Waals surface area contributed by atoms with Gasteiger partial charge in [-0.25, -0.2) is 0 Å². The second kappa shape index (κ2) is 4.40. The van der Waals surface area contributed by atoms with Crippen LogP contribution in [-0.4, -0.2) is 10.2 Å². The molecule has 2 atom stereocenters. The van der Waals surface area contributed by atoms with E-state index in [0.717, 1.165) is 23.6 Å². The van der Waals surface area contributed by atoms with Crippen LogP contribution in [0.2, 0.25) is 5.02 Å². The van der Waals surface area contributed by atoms with Crippen molar-refractivity contribution in [3.05, 3.63) is 57.9 Å². The summed E-state index contributed by atoms with van der Waals surface area (Å²) in [6.45, 7) is 7.22. The molecule has 0 N–H and O–H groups in total. The predicted molar refractivity (Wildman–Crippen MR) is 96.6 cm³/mol. The monoisotopic (exact) mass is 338 g/mol. The fourth-order valence-electron chi connectivity index (χ4n) is 5.39. The van der Waals surface area contributed by atoms with Gasteiger partial charge >= 0.3 is 0 Å². The van der Waals surface area contributed by atoms with Crippen molar-refractivity contribution in [3.63, 3.8) is 0 Å². The van der Waals surface area contributed by atoms with Gasteiger partial charge in [-0.1, -0.05) is 44.5 Å². The lowest BCUT2D eigenvalue weighted by atomic mass is 9.70. The van der Waals surface area contributed by atoms with Crippen LogP contribution >= 0.6 is 11.6 Å². The third kappa shape index (κ3) is 1.63. The summed E-state index contributed by atoms with van der Waals surface area (Å²) in [5.41, 5.74) is 5.78. The number of hydrogen-bond donors (Lipinski definition) is 0. The maximum Gasteiger partial charge on any atom is 0.0739 e. The molecule has 3 heteroatoms. The molecule has 2 aromatic rings. The highest BCUT2D eigenvalue weighted by molar-refractivity contribution is 6.30. The smallest absolute Gasteiger partial charge is 0.0739 e. The van der Waals surface area contributed by atoms with Crippen LogP contribution in [0.1, 0.15) is 74.9 Å². The van der Waals surface area contributed by atoms with E-state index in [4.69, 9.17) is 21.8 Å². The molecule has 0 aliphatic heterocycles. The van der Waals surface area contributed by atoms with Crippen LogP contribution in [0.15, 0.2) is 30.3 Å². The molecule has 3 aliphatic rings. The molecule has 124 valence electrons. The van der Waals surface area contributed by atoms with Crippen LogP contribution in [0, 0.1) is 5.41 Å². The first kappa shape index (κ1) is 14.9. The molecule has 2 nitrogen and oxygen atoms in total. The highest BCUT2D eigenvalue weighted by atomic mass is 35.5. The summed E-state index contributed by atoms with van der Waals surface area (Å²) < 4.78 is 0. The molecule has 0 amide bonds. The average Bonchev–Trinajstić information content (AvgIpc) is 3.30. The van der Waals surface area contributed by atoms with E-state index in [1.165, 1.54) is 29.7 Å².